The maximum absolute atomic E-state index is 12.6. The minimum Gasteiger partial charge on any atom is -0.325 e. The predicted octanol–water partition coefficient (Wildman–Crippen LogP) is 3.61. The molecule has 1 heterocycles. The highest BCUT2D eigenvalue weighted by molar-refractivity contribution is 6.31. The second kappa shape index (κ2) is 6.15. The van der Waals surface area contributed by atoms with Crippen LogP contribution in [0.4, 0.5) is 5.69 Å². The van der Waals surface area contributed by atoms with Crippen LogP contribution in [0.3, 0.4) is 0 Å². The summed E-state index contributed by atoms with van der Waals surface area (Å²) < 4.78 is 0. The Morgan fingerprint density at radius 1 is 1.45 bits per heavy atom. The quantitative estimate of drug-likeness (QED) is 0.894. The van der Waals surface area contributed by atoms with Crippen molar-refractivity contribution in [2.45, 2.75) is 33.6 Å². The molecule has 1 aromatic carbocycles. The van der Waals surface area contributed by atoms with E-state index in [9.17, 15) is 4.79 Å². The van der Waals surface area contributed by atoms with Gasteiger partial charge in [0, 0.05) is 16.1 Å². The standard InChI is InChI=1S/C16H23ClN2O/c1-11-13(17)7-4-8-14(11)19-15(20)16(2,3)12-6-5-9-18-10-12/h4,7-8,12,18H,5-6,9-10H2,1-3H3,(H,19,20). The van der Waals surface area contributed by atoms with E-state index in [-0.39, 0.29) is 11.3 Å². The average molecular weight is 295 g/mol. The molecule has 0 saturated carbocycles. The number of nitrogens with one attached hydrogen (secondary N) is 2. The first-order valence-electron chi connectivity index (χ1n) is 7.20. The largest absolute Gasteiger partial charge is 0.325 e. The molecule has 0 aliphatic carbocycles. The number of hydrogen-bond acceptors (Lipinski definition) is 2. The van der Waals surface area contributed by atoms with Crippen molar-refractivity contribution < 1.29 is 4.79 Å². The second-order valence-corrected chi connectivity index (χ2v) is 6.54. The highest BCUT2D eigenvalue weighted by Crippen LogP contribution is 2.34. The highest BCUT2D eigenvalue weighted by atomic mass is 35.5. The third-order valence-corrected chi connectivity index (χ3v) is 4.83. The maximum atomic E-state index is 12.6. The number of benzene rings is 1. The molecule has 20 heavy (non-hydrogen) atoms. The number of carbonyl (C=O) groups is 1. The van der Waals surface area contributed by atoms with Crippen LogP contribution >= 0.6 is 11.6 Å². The number of piperidine rings is 1. The molecular weight excluding hydrogens is 272 g/mol. The zero-order valence-electron chi connectivity index (χ0n) is 12.4. The van der Waals surface area contributed by atoms with E-state index in [0.29, 0.717) is 10.9 Å². The molecular formula is C16H23ClN2O. The Balaban J connectivity index is 2.12. The van der Waals surface area contributed by atoms with Crippen LogP contribution in [0, 0.1) is 18.3 Å². The van der Waals surface area contributed by atoms with Crippen LogP contribution < -0.4 is 10.6 Å². The summed E-state index contributed by atoms with van der Waals surface area (Å²) in [6, 6.07) is 5.59. The summed E-state index contributed by atoms with van der Waals surface area (Å²) in [6.45, 7) is 7.95. The third kappa shape index (κ3) is 3.15. The van der Waals surface area contributed by atoms with Gasteiger partial charge >= 0.3 is 0 Å². The molecule has 1 aliphatic rings. The van der Waals surface area contributed by atoms with Crippen LogP contribution in [0.5, 0.6) is 0 Å². The fraction of sp³-hybridized carbons (Fsp3) is 0.562. The van der Waals surface area contributed by atoms with E-state index in [1.54, 1.807) is 0 Å². The number of hydrogen-bond donors (Lipinski definition) is 2. The van der Waals surface area contributed by atoms with Gasteiger partial charge in [0.2, 0.25) is 5.91 Å². The lowest BCUT2D eigenvalue weighted by molar-refractivity contribution is -0.127. The van der Waals surface area contributed by atoms with Crippen molar-refractivity contribution in [1.82, 2.24) is 5.32 Å². The summed E-state index contributed by atoms with van der Waals surface area (Å²) in [5, 5.41) is 7.10. The topological polar surface area (TPSA) is 41.1 Å². The molecule has 3 nitrogen and oxygen atoms in total. The van der Waals surface area contributed by atoms with Gasteiger partial charge in [-0.1, -0.05) is 31.5 Å². The van der Waals surface area contributed by atoms with Crippen molar-refractivity contribution in [3.63, 3.8) is 0 Å². The van der Waals surface area contributed by atoms with Gasteiger partial charge in [-0.15, -0.1) is 0 Å². The lowest BCUT2D eigenvalue weighted by atomic mass is 9.74. The summed E-state index contributed by atoms with van der Waals surface area (Å²) in [7, 11) is 0. The Labute approximate surface area is 126 Å². The van der Waals surface area contributed by atoms with E-state index in [2.05, 4.69) is 10.6 Å². The molecule has 0 radical (unpaired) electrons. The molecule has 0 aromatic heterocycles. The number of carbonyl (C=O) groups excluding carboxylic acids is 1. The monoisotopic (exact) mass is 294 g/mol. The van der Waals surface area contributed by atoms with Crippen molar-refractivity contribution in [3.8, 4) is 0 Å². The zero-order valence-corrected chi connectivity index (χ0v) is 13.2. The summed E-state index contributed by atoms with van der Waals surface area (Å²) >= 11 is 6.10. The van der Waals surface area contributed by atoms with E-state index in [1.165, 1.54) is 0 Å². The third-order valence-electron chi connectivity index (χ3n) is 4.42. The summed E-state index contributed by atoms with van der Waals surface area (Å²) in [5.41, 5.74) is 1.33. The molecule has 1 unspecified atom stereocenters. The Kier molecular flexibility index (Phi) is 4.71. The van der Waals surface area contributed by atoms with Gasteiger partial charge in [0.15, 0.2) is 0 Å². The predicted molar refractivity (Wildman–Crippen MR) is 84.2 cm³/mol. The molecule has 1 amide bonds. The Bertz CT molecular complexity index is 493. The van der Waals surface area contributed by atoms with E-state index < -0.39 is 0 Å². The molecule has 1 atom stereocenters. The van der Waals surface area contributed by atoms with Crippen molar-refractivity contribution >= 4 is 23.2 Å². The fourth-order valence-electron chi connectivity index (χ4n) is 2.68. The van der Waals surface area contributed by atoms with Gasteiger partial charge in [0.05, 0.1) is 0 Å². The van der Waals surface area contributed by atoms with E-state index in [4.69, 9.17) is 11.6 Å². The van der Waals surface area contributed by atoms with Crippen molar-refractivity contribution in [1.29, 1.82) is 0 Å². The van der Waals surface area contributed by atoms with E-state index >= 15 is 0 Å². The minimum absolute atomic E-state index is 0.0663. The first-order chi connectivity index (χ1) is 9.43. The molecule has 2 rings (SSSR count). The molecule has 4 heteroatoms. The Morgan fingerprint density at radius 3 is 2.85 bits per heavy atom. The van der Waals surface area contributed by atoms with E-state index in [1.807, 2.05) is 39.0 Å². The van der Waals surface area contributed by atoms with Crippen molar-refractivity contribution in [2.24, 2.45) is 11.3 Å². The molecule has 1 aromatic rings. The van der Waals surface area contributed by atoms with Crippen LogP contribution in [-0.2, 0) is 4.79 Å². The first kappa shape index (κ1) is 15.3. The summed E-state index contributed by atoms with van der Waals surface area (Å²) in [5.74, 6) is 0.437. The number of amides is 1. The molecule has 1 fully saturated rings. The van der Waals surface area contributed by atoms with Crippen LogP contribution in [0.1, 0.15) is 32.3 Å². The van der Waals surface area contributed by atoms with Crippen molar-refractivity contribution in [2.75, 3.05) is 18.4 Å². The molecule has 1 saturated heterocycles. The molecule has 1 aliphatic heterocycles. The zero-order chi connectivity index (χ0) is 14.8. The summed E-state index contributed by atoms with van der Waals surface area (Å²) in [4.78, 5) is 12.6. The average Bonchev–Trinajstić information content (AvgIpc) is 2.44. The normalized spacial score (nSPS) is 19.7. The van der Waals surface area contributed by atoms with Crippen molar-refractivity contribution in [3.05, 3.63) is 28.8 Å². The number of halogens is 1. The van der Waals surface area contributed by atoms with Crippen LogP contribution in [0.2, 0.25) is 5.02 Å². The molecule has 0 bridgehead atoms. The lowest BCUT2D eigenvalue weighted by Gasteiger charge is -2.36. The maximum Gasteiger partial charge on any atom is 0.230 e. The summed E-state index contributed by atoms with van der Waals surface area (Å²) in [6.07, 6.45) is 2.24. The van der Waals surface area contributed by atoms with Crippen LogP contribution in [-0.4, -0.2) is 19.0 Å². The van der Waals surface area contributed by atoms with Gasteiger partial charge in [-0.2, -0.15) is 0 Å². The van der Waals surface area contributed by atoms with Gasteiger partial charge in [0.1, 0.15) is 0 Å². The fourth-order valence-corrected chi connectivity index (χ4v) is 2.85. The van der Waals surface area contributed by atoms with Gasteiger partial charge in [-0.25, -0.2) is 0 Å². The second-order valence-electron chi connectivity index (χ2n) is 6.13. The van der Waals surface area contributed by atoms with E-state index in [0.717, 1.165) is 37.2 Å². The lowest BCUT2D eigenvalue weighted by Crippen LogP contribution is -2.44. The first-order valence-corrected chi connectivity index (χ1v) is 7.58. The Morgan fingerprint density at radius 2 is 2.20 bits per heavy atom. The number of rotatable bonds is 3. The van der Waals surface area contributed by atoms with Crippen LogP contribution in [0.15, 0.2) is 18.2 Å². The smallest absolute Gasteiger partial charge is 0.230 e. The molecule has 2 N–H and O–H groups in total. The van der Waals surface area contributed by atoms with Gasteiger partial charge in [-0.05, 0) is 56.5 Å². The minimum atomic E-state index is -0.387. The SMILES string of the molecule is Cc1c(Cl)cccc1NC(=O)C(C)(C)C1CCCNC1. The van der Waals surface area contributed by atoms with Gasteiger partial charge < -0.3 is 10.6 Å². The van der Waals surface area contributed by atoms with Gasteiger partial charge in [-0.3, -0.25) is 4.79 Å². The van der Waals surface area contributed by atoms with Gasteiger partial charge in [0.25, 0.3) is 0 Å². The van der Waals surface area contributed by atoms with Crippen LogP contribution in [0.25, 0.3) is 0 Å². The molecule has 110 valence electrons. The Hall–Kier alpha value is -1.06. The highest BCUT2D eigenvalue weighted by Gasteiger charge is 2.37. The molecule has 0 spiro atoms. The number of anilines is 1.